The van der Waals surface area contributed by atoms with E-state index < -0.39 is 0 Å². The molecule has 2 aliphatic heterocycles. The highest BCUT2D eigenvalue weighted by molar-refractivity contribution is 5.81. The molecule has 1 amide bonds. The van der Waals surface area contributed by atoms with Crippen LogP contribution in [0.4, 0.5) is 5.69 Å². The van der Waals surface area contributed by atoms with Crippen LogP contribution in [0.3, 0.4) is 0 Å². The topological polar surface area (TPSA) is 42.0 Å². The zero-order valence-electron chi connectivity index (χ0n) is 14.0. The zero-order valence-corrected chi connectivity index (χ0v) is 14.0. The smallest absolute Gasteiger partial charge is 0.251 e. The maximum Gasteiger partial charge on any atom is 0.251 e. The summed E-state index contributed by atoms with van der Waals surface area (Å²) in [7, 11) is 0. The van der Waals surface area contributed by atoms with Gasteiger partial charge >= 0.3 is 0 Å². The van der Waals surface area contributed by atoms with Crippen molar-refractivity contribution in [3.8, 4) is 5.75 Å². The number of hydrogen-bond acceptors (Lipinski definition) is 4. The van der Waals surface area contributed by atoms with Crippen LogP contribution < -0.4 is 9.64 Å². The monoisotopic (exact) mass is 318 g/mol. The molecular formula is C18H26N2O3. The first-order chi connectivity index (χ1) is 11.1. The Morgan fingerprint density at radius 1 is 1.17 bits per heavy atom. The molecule has 0 aliphatic carbocycles. The molecule has 0 aromatic heterocycles. The Kier molecular flexibility index (Phi) is 5.06. The highest BCUT2D eigenvalue weighted by Gasteiger charge is 2.30. The molecule has 0 bridgehead atoms. The fourth-order valence-electron chi connectivity index (χ4n) is 3.17. The minimum Gasteiger partial charge on any atom is -0.491 e. The second-order valence-corrected chi connectivity index (χ2v) is 6.47. The first kappa shape index (κ1) is 16.1. The fraction of sp³-hybridized carbons (Fsp3) is 0.611. The molecule has 2 saturated heterocycles. The molecule has 2 fully saturated rings. The molecule has 0 N–H and O–H groups in total. The number of carbonyl (C=O) groups is 1. The second kappa shape index (κ2) is 7.21. The number of ether oxygens (including phenoxy) is 2. The number of rotatable bonds is 4. The molecule has 0 spiro atoms. The molecule has 5 heteroatoms. The van der Waals surface area contributed by atoms with E-state index in [9.17, 15) is 4.79 Å². The largest absolute Gasteiger partial charge is 0.491 e. The van der Waals surface area contributed by atoms with Crippen molar-refractivity contribution >= 4 is 11.6 Å². The molecule has 2 heterocycles. The molecular weight excluding hydrogens is 292 g/mol. The Labute approximate surface area is 138 Å². The van der Waals surface area contributed by atoms with Gasteiger partial charge in [-0.1, -0.05) is 0 Å². The summed E-state index contributed by atoms with van der Waals surface area (Å²) in [5.74, 6) is 1.07. The normalized spacial score (nSPS) is 21.8. The quantitative estimate of drug-likeness (QED) is 0.854. The van der Waals surface area contributed by atoms with Crippen LogP contribution in [-0.2, 0) is 9.53 Å². The van der Waals surface area contributed by atoms with E-state index in [1.165, 1.54) is 5.69 Å². The lowest BCUT2D eigenvalue weighted by Crippen LogP contribution is -2.51. The van der Waals surface area contributed by atoms with Gasteiger partial charge in [0.25, 0.3) is 5.91 Å². The van der Waals surface area contributed by atoms with Gasteiger partial charge in [0.05, 0.1) is 6.10 Å². The van der Waals surface area contributed by atoms with E-state index in [0.29, 0.717) is 0 Å². The predicted molar refractivity (Wildman–Crippen MR) is 90.0 cm³/mol. The first-order valence-corrected chi connectivity index (χ1v) is 8.55. The Balaban J connectivity index is 1.53. The maximum absolute atomic E-state index is 12.4. The average molecular weight is 318 g/mol. The second-order valence-electron chi connectivity index (χ2n) is 6.47. The zero-order chi connectivity index (χ0) is 16.2. The summed E-state index contributed by atoms with van der Waals surface area (Å²) in [5, 5.41) is 0. The molecule has 5 nitrogen and oxygen atoms in total. The van der Waals surface area contributed by atoms with Crippen molar-refractivity contribution < 1.29 is 14.3 Å². The van der Waals surface area contributed by atoms with Crippen LogP contribution in [0.1, 0.15) is 26.7 Å². The Bertz CT molecular complexity index is 516. The van der Waals surface area contributed by atoms with Crippen molar-refractivity contribution in [1.29, 1.82) is 0 Å². The number of piperazine rings is 1. The average Bonchev–Trinajstić information content (AvgIpc) is 3.09. The van der Waals surface area contributed by atoms with Crippen LogP contribution in [0.25, 0.3) is 0 Å². The SMILES string of the molecule is CC(C)Oc1ccc(N2CCN(C(=O)C3CCCO3)CC2)cc1. The number of carbonyl (C=O) groups excluding carboxylic acids is 1. The van der Waals surface area contributed by atoms with Crippen molar-refractivity contribution in [3.63, 3.8) is 0 Å². The molecule has 23 heavy (non-hydrogen) atoms. The molecule has 2 aliphatic rings. The van der Waals surface area contributed by atoms with Gasteiger partial charge in [-0.25, -0.2) is 0 Å². The van der Waals surface area contributed by atoms with E-state index >= 15 is 0 Å². The minimum atomic E-state index is -0.200. The lowest BCUT2D eigenvalue weighted by molar-refractivity contribution is -0.141. The van der Waals surface area contributed by atoms with Gasteiger partial charge in [-0.3, -0.25) is 4.79 Å². The van der Waals surface area contributed by atoms with Crippen LogP contribution in [-0.4, -0.2) is 55.8 Å². The van der Waals surface area contributed by atoms with Gasteiger partial charge in [-0.2, -0.15) is 0 Å². The lowest BCUT2D eigenvalue weighted by atomic mass is 10.2. The highest BCUT2D eigenvalue weighted by atomic mass is 16.5. The van der Waals surface area contributed by atoms with Gasteiger partial charge in [0, 0.05) is 38.5 Å². The van der Waals surface area contributed by atoms with Gasteiger partial charge in [-0.05, 0) is 51.0 Å². The van der Waals surface area contributed by atoms with Gasteiger partial charge in [0.1, 0.15) is 11.9 Å². The molecule has 126 valence electrons. The van der Waals surface area contributed by atoms with Crippen LogP contribution in [0, 0.1) is 0 Å². The summed E-state index contributed by atoms with van der Waals surface area (Å²) in [6.45, 7) is 8.04. The van der Waals surface area contributed by atoms with Gasteiger partial charge in [0.15, 0.2) is 0 Å². The van der Waals surface area contributed by atoms with Crippen molar-refractivity contribution in [2.24, 2.45) is 0 Å². The summed E-state index contributed by atoms with van der Waals surface area (Å²) in [5.41, 5.74) is 1.19. The van der Waals surface area contributed by atoms with Crippen LogP contribution >= 0.6 is 0 Å². The fourth-order valence-corrected chi connectivity index (χ4v) is 3.17. The summed E-state index contributed by atoms with van der Waals surface area (Å²) in [4.78, 5) is 16.6. The van der Waals surface area contributed by atoms with Crippen molar-refractivity contribution in [2.75, 3.05) is 37.7 Å². The first-order valence-electron chi connectivity index (χ1n) is 8.55. The van der Waals surface area contributed by atoms with Crippen LogP contribution in [0.15, 0.2) is 24.3 Å². The molecule has 0 radical (unpaired) electrons. The van der Waals surface area contributed by atoms with E-state index in [4.69, 9.17) is 9.47 Å². The standard InChI is InChI=1S/C18H26N2O3/c1-14(2)23-16-7-5-15(6-8-16)19-9-11-20(12-10-19)18(21)17-4-3-13-22-17/h5-8,14,17H,3-4,9-13H2,1-2H3. The Morgan fingerprint density at radius 3 is 2.43 bits per heavy atom. The van der Waals surface area contributed by atoms with Crippen molar-refractivity contribution in [1.82, 2.24) is 4.90 Å². The molecule has 3 rings (SSSR count). The lowest BCUT2D eigenvalue weighted by Gasteiger charge is -2.37. The molecule has 1 aromatic rings. The Hall–Kier alpha value is -1.75. The van der Waals surface area contributed by atoms with E-state index in [2.05, 4.69) is 17.0 Å². The van der Waals surface area contributed by atoms with Gasteiger partial charge in [-0.15, -0.1) is 0 Å². The third-order valence-corrected chi connectivity index (χ3v) is 4.37. The summed E-state index contributed by atoms with van der Waals surface area (Å²) < 4.78 is 11.2. The number of nitrogens with zero attached hydrogens (tertiary/aromatic N) is 2. The number of benzene rings is 1. The molecule has 1 unspecified atom stereocenters. The van der Waals surface area contributed by atoms with Crippen LogP contribution in [0.5, 0.6) is 5.75 Å². The Morgan fingerprint density at radius 2 is 1.87 bits per heavy atom. The number of anilines is 1. The minimum absolute atomic E-state index is 0.169. The third-order valence-electron chi connectivity index (χ3n) is 4.37. The van der Waals surface area contributed by atoms with E-state index in [-0.39, 0.29) is 18.1 Å². The van der Waals surface area contributed by atoms with Crippen LogP contribution in [0.2, 0.25) is 0 Å². The van der Waals surface area contributed by atoms with E-state index in [1.807, 2.05) is 30.9 Å². The molecule has 1 atom stereocenters. The van der Waals surface area contributed by atoms with Gasteiger partial charge < -0.3 is 19.3 Å². The third kappa shape index (κ3) is 3.96. The van der Waals surface area contributed by atoms with Gasteiger partial charge in [0.2, 0.25) is 0 Å². The van der Waals surface area contributed by atoms with E-state index in [0.717, 1.165) is 51.4 Å². The number of amides is 1. The maximum atomic E-state index is 12.4. The van der Waals surface area contributed by atoms with Crippen molar-refractivity contribution in [2.45, 2.75) is 38.9 Å². The highest BCUT2D eigenvalue weighted by Crippen LogP contribution is 2.22. The summed E-state index contributed by atoms with van der Waals surface area (Å²) in [6.07, 6.45) is 1.86. The summed E-state index contributed by atoms with van der Waals surface area (Å²) >= 11 is 0. The molecule has 1 aromatic carbocycles. The molecule has 0 saturated carbocycles. The number of hydrogen-bond donors (Lipinski definition) is 0. The predicted octanol–water partition coefficient (Wildman–Crippen LogP) is 2.30. The van der Waals surface area contributed by atoms with Crippen molar-refractivity contribution in [3.05, 3.63) is 24.3 Å². The van der Waals surface area contributed by atoms with E-state index in [1.54, 1.807) is 0 Å². The summed E-state index contributed by atoms with van der Waals surface area (Å²) in [6, 6.07) is 8.21.